The predicted octanol–water partition coefficient (Wildman–Crippen LogP) is 19.6. The zero-order valence-electron chi connectivity index (χ0n) is 44.4. The van der Waals surface area contributed by atoms with E-state index >= 15 is 0 Å². The third-order valence-electron chi connectivity index (χ3n) is 17.6. The molecule has 376 valence electrons. The number of fused-ring (bicyclic) bond motifs is 13. The van der Waals surface area contributed by atoms with Crippen LogP contribution in [0.2, 0.25) is 0 Å². The molecule has 4 heteroatoms. The van der Waals surface area contributed by atoms with Crippen molar-refractivity contribution < 1.29 is 0 Å². The second-order valence-electron chi connectivity index (χ2n) is 22.2. The fraction of sp³-hybridized carbons (Fsp3) is 0.0789. The predicted molar refractivity (Wildman–Crippen MR) is 335 cm³/mol. The van der Waals surface area contributed by atoms with Crippen LogP contribution in [0, 0.1) is 11.3 Å². The highest BCUT2D eigenvalue weighted by molar-refractivity contribution is 6.14. The summed E-state index contributed by atoms with van der Waals surface area (Å²) in [4.78, 5) is 22.1. The molecule has 4 aliphatic carbocycles. The van der Waals surface area contributed by atoms with E-state index in [9.17, 15) is 0 Å². The molecule has 4 aliphatic rings. The fourth-order valence-corrected chi connectivity index (χ4v) is 13.6. The fourth-order valence-electron chi connectivity index (χ4n) is 13.6. The lowest BCUT2D eigenvalue weighted by atomic mass is 9.61. The lowest BCUT2D eigenvalue weighted by molar-refractivity contribution is 0.422. The molecule has 3 atom stereocenters. The van der Waals surface area contributed by atoms with Crippen LogP contribution in [-0.2, 0) is 0 Å². The molecule has 80 heavy (non-hydrogen) atoms. The Morgan fingerprint density at radius 3 is 1.64 bits per heavy atom. The minimum absolute atomic E-state index is 0.162. The quantitative estimate of drug-likeness (QED) is 0.156. The first kappa shape index (κ1) is 46.2. The van der Waals surface area contributed by atoms with Gasteiger partial charge in [0.05, 0.1) is 33.6 Å². The van der Waals surface area contributed by atoms with Crippen LogP contribution in [0.15, 0.2) is 260 Å². The van der Waals surface area contributed by atoms with Gasteiger partial charge in [0.15, 0.2) is 5.82 Å². The van der Waals surface area contributed by atoms with E-state index < -0.39 is 0 Å². The maximum Gasteiger partial charge on any atom is 0.160 e. The van der Waals surface area contributed by atoms with E-state index in [0.29, 0.717) is 11.7 Å². The van der Waals surface area contributed by atoms with Gasteiger partial charge in [-0.15, -0.1) is 0 Å². The summed E-state index contributed by atoms with van der Waals surface area (Å²) >= 11 is 0. The molecule has 0 bridgehead atoms. The molecule has 0 aliphatic heterocycles. The Hall–Kier alpha value is -9.90. The number of rotatable bonds is 6. The molecule has 3 unspecified atom stereocenters. The minimum atomic E-state index is -0.171. The van der Waals surface area contributed by atoms with Gasteiger partial charge in [-0.1, -0.05) is 232 Å². The summed E-state index contributed by atoms with van der Waals surface area (Å²) in [7, 11) is 0. The first-order valence-electron chi connectivity index (χ1n) is 28.0. The summed E-state index contributed by atoms with van der Waals surface area (Å²) in [5.41, 5.74) is 19.3. The standard InChI is InChI=1S/C76H52N4/c1-46-18-17-19-51-42-64(56-23-3-6-27-60(56)70(46)51)65-43-52(63-45-53-20-15-16-41-76(53,2)67-30-12-9-24-57(63)67)44-66-73(49-35-33-47(34-36-49)71-61-28-7-4-21-54(61)58-25-10-13-31-68(58)77-71)79-75(80-74(65)66)50-39-37-48(38-40-50)72-62-29-8-5-22-55(62)59-26-11-14-32-69(59)78-72/h3-17,19-46,67H,18H2,1-2H3. The third-order valence-corrected chi connectivity index (χ3v) is 17.6. The van der Waals surface area contributed by atoms with Gasteiger partial charge in [-0.3, -0.25) is 0 Å². The van der Waals surface area contributed by atoms with Crippen LogP contribution in [0.1, 0.15) is 42.9 Å². The number of para-hydroxylation sites is 2. The number of hydrogen-bond acceptors (Lipinski definition) is 4. The molecule has 4 nitrogen and oxygen atoms in total. The van der Waals surface area contributed by atoms with Gasteiger partial charge in [0.2, 0.25) is 0 Å². The van der Waals surface area contributed by atoms with E-state index in [1.807, 2.05) is 0 Å². The maximum absolute atomic E-state index is 5.78. The van der Waals surface area contributed by atoms with Gasteiger partial charge in [-0.25, -0.2) is 19.9 Å². The van der Waals surface area contributed by atoms with Gasteiger partial charge >= 0.3 is 0 Å². The van der Waals surface area contributed by atoms with Crippen molar-refractivity contribution >= 4 is 76.7 Å². The summed E-state index contributed by atoms with van der Waals surface area (Å²) < 4.78 is 0. The Morgan fingerprint density at radius 1 is 0.438 bits per heavy atom. The molecule has 0 N–H and O–H groups in total. The van der Waals surface area contributed by atoms with E-state index in [0.717, 1.165) is 106 Å². The van der Waals surface area contributed by atoms with E-state index in [4.69, 9.17) is 19.9 Å². The minimum Gasteiger partial charge on any atom is -0.247 e. The molecule has 0 saturated carbocycles. The number of hydrogen-bond donors (Lipinski definition) is 0. The Kier molecular flexibility index (Phi) is 10.5. The van der Waals surface area contributed by atoms with Crippen LogP contribution in [-0.4, -0.2) is 19.9 Å². The molecule has 0 spiro atoms. The van der Waals surface area contributed by atoms with Gasteiger partial charge in [-0.05, 0) is 109 Å². The average molecular weight is 1020 g/mol. The highest BCUT2D eigenvalue weighted by atomic mass is 14.9. The number of pyridine rings is 2. The van der Waals surface area contributed by atoms with Crippen molar-refractivity contribution in [3.63, 3.8) is 0 Å². The second kappa shape index (κ2) is 18.1. The van der Waals surface area contributed by atoms with Crippen molar-refractivity contribution in [1.82, 2.24) is 19.9 Å². The van der Waals surface area contributed by atoms with Crippen molar-refractivity contribution in [2.24, 2.45) is 11.3 Å². The van der Waals surface area contributed by atoms with Crippen LogP contribution in [0.5, 0.6) is 0 Å². The Bertz CT molecular complexity index is 4870. The lowest BCUT2D eigenvalue weighted by Crippen LogP contribution is -2.31. The summed E-state index contributed by atoms with van der Waals surface area (Å²) in [6, 6.07) is 68.0. The maximum atomic E-state index is 5.78. The zero-order chi connectivity index (χ0) is 53.1. The van der Waals surface area contributed by atoms with Gasteiger partial charge in [-0.2, -0.15) is 0 Å². The number of allylic oxidation sites excluding steroid dienone is 13. The average Bonchev–Trinajstić information content (AvgIpc) is 3.64. The summed E-state index contributed by atoms with van der Waals surface area (Å²) in [5.74, 6) is 1.21. The molecule has 16 rings (SSSR count). The highest BCUT2D eigenvalue weighted by Crippen LogP contribution is 2.53. The van der Waals surface area contributed by atoms with Gasteiger partial charge < -0.3 is 0 Å². The highest BCUT2D eigenvalue weighted by Gasteiger charge is 2.40. The molecule has 0 fully saturated rings. The van der Waals surface area contributed by atoms with Crippen LogP contribution < -0.4 is 0 Å². The number of aromatic nitrogens is 4. The molecular weight excluding hydrogens is 969 g/mol. The largest absolute Gasteiger partial charge is 0.247 e. The monoisotopic (exact) mass is 1020 g/mol. The topological polar surface area (TPSA) is 51.6 Å². The molecule has 0 radical (unpaired) electrons. The summed E-state index contributed by atoms with van der Waals surface area (Å²) in [6.07, 6.45) is 26.3. The van der Waals surface area contributed by atoms with Gasteiger partial charge in [0.1, 0.15) is 0 Å². The van der Waals surface area contributed by atoms with E-state index in [1.54, 1.807) is 0 Å². The molecule has 0 saturated heterocycles. The number of nitrogens with zero attached hydrogens (tertiary/aromatic N) is 4. The molecule has 12 aromatic rings. The van der Waals surface area contributed by atoms with Crippen LogP contribution >= 0.6 is 0 Å². The lowest BCUT2D eigenvalue weighted by Gasteiger charge is -2.42. The third kappa shape index (κ3) is 7.22. The van der Waals surface area contributed by atoms with E-state index in [-0.39, 0.29) is 11.3 Å². The molecule has 3 aromatic heterocycles. The van der Waals surface area contributed by atoms with Crippen molar-refractivity contribution in [1.29, 1.82) is 0 Å². The van der Waals surface area contributed by atoms with Crippen LogP contribution in [0.25, 0.3) is 133 Å². The van der Waals surface area contributed by atoms with E-state index in [2.05, 4.69) is 269 Å². The molecule has 9 aromatic carbocycles. The molecule has 0 amide bonds. The number of benzene rings is 9. The van der Waals surface area contributed by atoms with Crippen molar-refractivity contribution in [2.75, 3.05) is 0 Å². The molecular formula is C76H52N4. The van der Waals surface area contributed by atoms with Crippen molar-refractivity contribution in [3.8, 4) is 56.3 Å². The van der Waals surface area contributed by atoms with Crippen LogP contribution in [0.4, 0.5) is 0 Å². The van der Waals surface area contributed by atoms with Crippen LogP contribution in [0.3, 0.4) is 0 Å². The zero-order valence-corrected chi connectivity index (χ0v) is 44.4. The molecule has 3 heterocycles. The van der Waals surface area contributed by atoms with Gasteiger partial charge in [0.25, 0.3) is 0 Å². The Balaban J connectivity index is 0.961. The normalized spacial score (nSPS) is 18.1. The second-order valence-corrected chi connectivity index (χ2v) is 22.2. The smallest absolute Gasteiger partial charge is 0.160 e. The first-order chi connectivity index (χ1) is 39.4. The van der Waals surface area contributed by atoms with Gasteiger partial charge in [0, 0.05) is 66.1 Å². The Morgan fingerprint density at radius 2 is 0.988 bits per heavy atom. The summed E-state index contributed by atoms with van der Waals surface area (Å²) in [5, 5.41) is 10.4. The first-order valence-corrected chi connectivity index (χ1v) is 28.0. The van der Waals surface area contributed by atoms with Crippen molar-refractivity contribution in [3.05, 3.63) is 277 Å². The Labute approximate surface area is 464 Å². The van der Waals surface area contributed by atoms with Crippen molar-refractivity contribution in [2.45, 2.75) is 26.2 Å². The SMILES string of the molecule is CC1CC=Cc2cc(-c3cc(C4=C5C=CC=CC5C5(C)C=CC=CC5=C4)cc4c(-c5ccc(-c6nc7ccccc7c7ccccc67)cc5)nc(-c5ccc(-c6nc7ccccc7c7ccccc67)cc5)nc34)c3ccccc3c21. The summed E-state index contributed by atoms with van der Waals surface area (Å²) in [6.45, 7) is 4.74. The van der Waals surface area contributed by atoms with E-state index in [1.165, 1.54) is 49.4 Å².